The van der Waals surface area contributed by atoms with Gasteiger partial charge < -0.3 is 9.64 Å². The number of hydrogen-bond acceptors (Lipinski definition) is 4. The third-order valence-corrected chi connectivity index (χ3v) is 3.18. The first-order valence-electron chi connectivity index (χ1n) is 6.52. The Morgan fingerprint density at radius 3 is 2.70 bits per heavy atom. The lowest BCUT2D eigenvalue weighted by Crippen LogP contribution is -2.14. The van der Waals surface area contributed by atoms with Gasteiger partial charge in [0, 0.05) is 25.4 Å². The molecule has 0 amide bonds. The first-order chi connectivity index (χ1) is 9.61. The minimum absolute atomic E-state index is 0.367. The van der Waals surface area contributed by atoms with Crippen molar-refractivity contribution in [3.8, 4) is 0 Å². The summed E-state index contributed by atoms with van der Waals surface area (Å²) in [6, 6.07) is 9.88. The van der Waals surface area contributed by atoms with E-state index in [2.05, 4.69) is 23.0 Å². The molecular formula is C15H18ClN3O. The van der Waals surface area contributed by atoms with Gasteiger partial charge in [0.25, 0.3) is 0 Å². The third-order valence-electron chi connectivity index (χ3n) is 2.98. The molecule has 0 saturated heterocycles. The van der Waals surface area contributed by atoms with Crippen LogP contribution in [0.1, 0.15) is 18.3 Å². The summed E-state index contributed by atoms with van der Waals surface area (Å²) < 4.78 is 5.34. The SMILES string of the molecule is CCOCc1nc(Cl)cc(N(C)c2ccccc2C)n1. The van der Waals surface area contributed by atoms with Crippen molar-refractivity contribution in [2.75, 3.05) is 18.6 Å². The smallest absolute Gasteiger partial charge is 0.158 e. The van der Waals surface area contributed by atoms with Gasteiger partial charge in [-0.1, -0.05) is 29.8 Å². The van der Waals surface area contributed by atoms with E-state index in [0.29, 0.717) is 24.2 Å². The van der Waals surface area contributed by atoms with Crippen LogP contribution >= 0.6 is 11.6 Å². The van der Waals surface area contributed by atoms with E-state index in [4.69, 9.17) is 16.3 Å². The molecule has 0 spiro atoms. The van der Waals surface area contributed by atoms with Crippen LogP contribution < -0.4 is 4.90 Å². The molecular weight excluding hydrogens is 274 g/mol. The Bertz CT molecular complexity index is 589. The number of para-hydroxylation sites is 1. The van der Waals surface area contributed by atoms with Gasteiger partial charge in [0.05, 0.1) is 0 Å². The van der Waals surface area contributed by atoms with Crippen LogP contribution in [0.3, 0.4) is 0 Å². The number of ether oxygens (including phenoxy) is 1. The topological polar surface area (TPSA) is 38.2 Å². The molecule has 1 heterocycles. The van der Waals surface area contributed by atoms with Crippen LogP contribution in [0.5, 0.6) is 0 Å². The summed E-state index contributed by atoms with van der Waals surface area (Å²) in [6.07, 6.45) is 0. The normalized spacial score (nSPS) is 10.6. The Balaban J connectivity index is 2.32. The molecule has 0 N–H and O–H groups in total. The summed E-state index contributed by atoms with van der Waals surface area (Å²) in [6.45, 7) is 4.99. The maximum absolute atomic E-state index is 6.07. The predicted molar refractivity (Wildman–Crippen MR) is 81.6 cm³/mol. The second-order valence-corrected chi connectivity index (χ2v) is 4.83. The summed E-state index contributed by atoms with van der Waals surface area (Å²) in [4.78, 5) is 10.7. The van der Waals surface area contributed by atoms with Crippen molar-refractivity contribution in [2.45, 2.75) is 20.5 Å². The molecule has 1 aromatic carbocycles. The standard InChI is InChI=1S/C15H18ClN3O/c1-4-20-10-14-17-13(16)9-15(18-14)19(3)12-8-6-5-7-11(12)2/h5-9H,4,10H2,1-3H3. The number of aromatic nitrogens is 2. The zero-order chi connectivity index (χ0) is 14.5. The highest BCUT2D eigenvalue weighted by Crippen LogP contribution is 2.26. The molecule has 0 bridgehead atoms. The molecule has 2 aromatic rings. The fourth-order valence-corrected chi connectivity index (χ4v) is 2.14. The van der Waals surface area contributed by atoms with E-state index in [1.807, 2.05) is 37.1 Å². The Morgan fingerprint density at radius 1 is 1.25 bits per heavy atom. The van der Waals surface area contributed by atoms with E-state index >= 15 is 0 Å². The van der Waals surface area contributed by atoms with Crippen molar-refractivity contribution in [1.29, 1.82) is 0 Å². The number of rotatable bonds is 5. The van der Waals surface area contributed by atoms with Crippen molar-refractivity contribution < 1.29 is 4.74 Å². The Kier molecular flexibility index (Phi) is 4.93. The number of halogens is 1. The molecule has 0 fully saturated rings. The lowest BCUT2D eigenvalue weighted by atomic mass is 10.2. The van der Waals surface area contributed by atoms with Crippen molar-refractivity contribution >= 4 is 23.1 Å². The zero-order valence-electron chi connectivity index (χ0n) is 11.9. The fraction of sp³-hybridized carbons (Fsp3) is 0.333. The molecule has 0 aliphatic rings. The van der Waals surface area contributed by atoms with Crippen molar-refractivity contribution in [3.63, 3.8) is 0 Å². The number of hydrogen-bond donors (Lipinski definition) is 0. The van der Waals surface area contributed by atoms with Crippen molar-refractivity contribution in [1.82, 2.24) is 9.97 Å². The predicted octanol–water partition coefficient (Wildman–Crippen LogP) is 3.74. The van der Waals surface area contributed by atoms with Gasteiger partial charge in [-0.15, -0.1) is 0 Å². The molecule has 0 aliphatic heterocycles. The van der Waals surface area contributed by atoms with E-state index in [1.54, 1.807) is 6.07 Å². The highest BCUT2D eigenvalue weighted by Gasteiger charge is 2.11. The average Bonchev–Trinajstić information content (AvgIpc) is 2.44. The van der Waals surface area contributed by atoms with Crippen molar-refractivity contribution in [3.05, 3.63) is 46.9 Å². The largest absolute Gasteiger partial charge is 0.374 e. The molecule has 2 rings (SSSR count). The van der Waals surface area contributed by atoms with Gasteiger partial charge in [-0.25, -0.2) is 9.97 Å². The van der Waals surface area contributed by atoms with E-state index in [0.717, 1.165) is 11.5 Å². The first-order valence-corrected chi connectivity index (χ1v) is 6.90. The summed E-state index contributed by atoms with van der Waals surface area (Å²) in [5.41, 5.74) is 2.26. The molecule has 5 heteroatoms. The van der Waals surface area contributed by atoms with Gasteiger partial charge in [0.2, 0.25) is 0 Å². The molecule has 0 aliphatic carbocycles. The van der Waals surface area contributed by atoms with Crippen LogP contribution in [-0.4, -0.2) is 23.6 Å². The van der Waals surface area contributed by atoms with Crippen LogP contribution in [-0.2, 0) is 11.3 Å². The molecule has 0 saturated carbocycles. The summed E-state index contributed by atoms with van der Waals surface area (Å²) in [7, 11) is 1.96. The van der Waals surface area contributed by atoms with Gasteiger partial charge in [0.1, 0.15) is 17.6 Å². The average molecular weight is 292 g/mol. The minimum atomic E-state index is 0.367. The zero-order valence-corrected chi connectivity index (χ0v) is 12.7. The quantitative estimate of drug-likeness (QED) is 0.787. The second kappa shape index (κ2) is 6.68. The summed E-state index contributed by atoms with van der Waals surface area (Å²) in [5, 5.41) is 0.421. The molecule has 0 atom stereocenters. The molecule has 106 valence electrons. The number of aryl methyl sites for hydroxylation is 1. The van der Waals surface area contributed by atoms with Gasteiger partial charge in [-0.05, 0) is 25.5 Å². The molecule has 0 unspecified atom stereocenters. The lowest BCUT2D eigenvalue weighted by molar-refractivity contribution is 0.128. The van der Waals surface area contributed by atoms with Crippen LogP contribution in [0.25, 0.3) is 0 Å². The fourth-order valence-electron chi connectivity index (χ4n) is 1.94. The van der Waals surface area contributed by atoms with E-state index in [-0.39, 0.29) is 0 Å². The maximum atomic E-state index is 6.07. The Hall–Kier alpha value is -1.65. The molecule has 20 heavy (non-hydrogen) atoms. The van der Waals surface area contributed by atoms with Crippen LogP contribution in [0.15, 0.2) is 30.3 Å². The van der Waals surface area contributed by atoms with E-state index in [1.165, 1.54) is 5.56 Å². The summed E-state index contributed by atoms with van der Waals surface area (Å²) >= 11 is 6.07. The molecule has 1 aromatic heterocycles. The van der Waals surface area contributed by atoms with Gasteiger partial charge in [0.15, 0.2) is 5.82 Å². The van der Waals surface area contributed by atoms with Crippen LogP contribution in [0, 0.1) is 6.92 Å². The Morgan fingerprint density at radius 2 is 2.00 bits per heavy atom. The van der Waals surface area contributed by atoms with Crippen LogP contribution in [0.2, 0.25) is 5.15 Å². The molecule has 0 radical (unpaired) electrons. The van der Waals surface area contributed by atoms with Gasteiger partial charge in [-0.3, -0.25) is 0 Å². The lowest BCUT2D eigenvalue weighted by Gasteiger charge is -2.21. The van der Waals surface area contributed by atoms with Crippen molar-refractivity contribution in [2.24, 2.45) is 0 Å². The minimum Gasteiger partial charge on any atom is -0.374 e. The summed E-state index contributed by atoms with van der Waals surface area (Å²) in [5.74, 6) is 1.35. The van der Waals surface area contributed by atoms with Gasteiger partial charge in [-0.2, -0.15) is 0 Å². The number of benzene rings is 1. The van der Waals surface area contributed by atoms with Gasteiger partial charge >= 0.3 is 0 Å². The van der Waals surface area contributed by atoms with E-state index in [9.17, 15) is 0 Å². The maximum Gasteiger partial charge on any atom is 0.158 e. The highest BCUT2D eigenvalue weighted by atomic mass is 35.5. The van der Waals surface area contributed by atoms with E-state index < -0.39 is 0 Å². The number of nitrogens with zero attached hydrogens (tertiary/aromatic N) is 3. The number of anilines is 2. The monoisotopic (exact) mass is 291 g/mol. The second-order valence-electron chi connectivity index (χ2n) is 4.45. The third kappa shape index (κ3) is 3.46. The van der Waals surface area contributed by atoms with Crippen LogP contribution in [0.4, 0.5) is 11.5 Å². The molecule has 4 nitrogen and oxygen atoms in total. The Labute approximate surface area is 124 Å². The highest BCUT2D eigenvalue weighted by molar-refractivity contribution is 6.29. The first kappa shape index (κ1) is 14.8.